The lowest BCUT2D eigenvalue weighted by atomic mass is 10.3. The topological polar surface area (TPSA) is 119 Å². The molecule has 0 saturated carbocycles. The summed E-state index contributed by atoms with van der Waals surface area (Å²) in [5.74, 6) is -1.86. The standard InChI is InChI=1S/C19H16ClFN4O5S3/c1-30-17(27)11-31-19-24-23-18(32-19)22-16(26)10-25(12-7-8-15(21)14(20)9-12)33(28,29)13-5-3-2-4-6-13/h2-9H,10-11H2,1H3,(H,22,23,26). The molecule has 1 N–H and O–H groups in total. The summed E-state index contributed by atoms with van der Waals surface area (Å²) in [5, 5.41) is 9.96. The molecule has 33 heavy (non-hydrogen) atoms. The summed E-state index contributed by atoms with van der Waals surface area (Å²) in [7, 11) is -2.92. The predicted octanol–water partition coefficient (Wildman–Crippen LogP) is 3.43. The Morgan fingerprint density at radius 1 is 1.21 bits per heavy atom. The fourth-order valence-corrected chi connectivity index (χ4v) is 5.67. The Balaban J connectivity index is 1.82. The van der Waals surface area contributed by atoms with Gasteiger partial charge < -0.3 is 4.74 Å². The molecule has 2 aromatic carbocycles. The van der Waals surface area contributed by atoms with E-state index in [0.29, 0.717) is 4.34 Å². The molecule has 3 aromatic rings. The second kappa shape index (κ2) is 10.9. The lowest BCUT2D eigenvalue weighted by Crippen LogP contribution is -2.38. The second-order valence-electron chi connectivity index (χ2n) is 6.21. The lowest BCUT2D eigenvalue weighted by Gasteiger charge is -2.24. The van der Waals surface area contributed by atoms with E-state index >= 15 is 0 Å². The van der Waals surface area contributed by atoms with Gasteiger partial charge in [-0.3, -0.25) is 19.2 Å². The van der Waals surface area contributed by atoms with Gasteiger partial charge in [0.1, 0.15) is 12.4 Å². The number of methoxy groups -OCH3 is 1. The number of ether oxygens (including phenoxy) is 1. The number of anilines is 2. The molecule has 0 bridgehead atoms. The van der Waals surface area contributed by atoms with Gasteiger partial charge in [0.15, 0.2) is 4.34 Å². The monoisotopic (exact) mass is 530 g/mol. The SMILES string of the molecule is COC(=O)CSc1nnc(NC(=O)CN(c2ccc(F)c(Cl)c2)S(=O)(=O)c2ccccc2)s1. The average Bonchev–Trinajstić information content (AvgIpc) is 3.25. The minimum atomic E-state index is -4.18. The number of nitrogens with zero attached hydrogens (tertiary/aromatic N) is 3. The number of halogens is 2. The van der Waals surface area contributed by atoms with E-state index in [9.17, 15) is 22.4 Å². The van der Waals surface area contributed by atoms with Gasteiger partial charge in [0.25, 0.3) is 10.0 Å². The van der Waals surface area contributed by atoms with Gasteiger partial charge in [-0.05, 0) is 30.3 Å². The molecular formula is C19H16ClFN4O5S3. The zero-order chi connectivity index (χ0) is 24.0. The molecule has 1 aromatic heterocycles. The van der Waals surface area contributed by atoms with E-state index in [4.69, 9.17) is 11.6 Å². The van der Waals surface area contributed by atoms with Crippen LogP contribution in [0.1, 0.15) is 0 Å². The summed E-state index contributed by atoms with van der Waals surface area (Å²) >= 11 is 7.92. The normalized spacial score (nSPS) is 11.1. The number of esters is 1. The van der Waals surface area contributed by atoms with Crippen LogP contribution >= 0.6 is 34.7 Å². The van der Waals surface area contributed by atoms with E-state index in [1.807, 2.05) is 0 Å². The third-order valence-electron chi connectivity index (χ3n) is 4.00. The average molecular weight is 531 g/mol. The molecule has 0 radical (unpaired) electrons. The summed E-state index contributed by atoms with van der Waals surface area (Å²) in [5.41, 5.74) is 0.00647. The van der Waals surface area contributed by atoms with Gasteiger partial charge in [0.05, 0.1) is 28.5 Å². The van der Waals surface area contributed by atoms with Gasteiger partial charge in [-0.15, -0.1) is 10.2 Å². The molecule has 9 nitrogen and oxygen atoms in total. The van der Waals surface area contributed by atoms with Gasteiger partial charge >= 0.3 is 5.97 Å². The third-order valence-corrected chi connectivity index (χ3v) is 8.03. The molecule has 0 unspecified atom stereocenters. The maximum atomic E-state index is 13.6. The minimum Gasteiger partial charge on any atom is -0.468 e. The van der Waals surface area contributed by atoms with Crippen LogP contribution < -0.4 is 9.62 Å². The number of amides is 1. The van der Waals surface area contributed by atoms with Crippen molar-refractivity contribution in [1.29, 1.82) is 0 Å². The number of thioether (sulfide) groups is 1. The molecule has 0 aliphatic carbocycles. The van der Waals surface area contributed by atoms with Crippen LogP contribution in [0.4, 0.5) is 15.2 Å². The van der Waals surface area contributed by atoms with Crippen LogP contribution in [-0.2, 0) is 24.3 Å². The first-order valence-corrected chi connectivity index (χ1v) is 12.7. The van der Waals surface area contributed by atoms with E-state index < -0.39 is 34.3 Å². The van der Waals surface area contributed by atoms with E-state index in [0.717, 1.165) is 39.5 Å². The van der Waals surface area contributed by atoms with Crippen LogP contribution in [0.3, 0.4) is 0 Å². The zero-order valence-corrected chi connectivity index (χ0v) is 20.1. The van der Waals surface area contributed by atoms with Crippen molar-refractivity contribution in [3.63, 3.8) is 0 Å². The van der Waals surface area contributed by atoms with Crippen LogP contribution in [-0.4, -0.2) is 49.9 Å². The molecular weight excluding hydrogens is 515 g/mol. The van der Waals surface area contributed by atoms with Gasteiger partial charge in [-0.25, -0.2) is 12.8 Å². The lowest BCUT2D eigenvalue weighted by molar-refractivity contribution is -0.137. The Morgan fingerprint density at radius 3 is 2.61 bits per heavy atom. The number of aromatic nitrogens is 2. The van der Waals surface area contributed by atoms with E-state index in [2.05, 4.69) is 20.3 Å². The highest BCUT2D eigenvalue weighted by Gasteiger charge is 2.28. The Kier molecular flexibility index (Phi) is 8.24. The van der Waals surface area contributed by atoms with Crippen molar-refractivity contribution in [2.45, 2.75) is 9.24 Å². The fraction of sp³-hybridized carbons (Fsp3) is 0.158. The summed E-state index contributed by atoms with van der Waals surface area (Å²) in [6.07, 6.45) is 0. The summed E-state index contributed by atoms with van der Waals surface area (Å²) in [4.78, 5) is 23.9. The van der Waals surface area contributed by atoms with Crippen molar-refractivity contribution in [2.75, 3.05) is 29.0 Å². The predicted molar refractivity (Wildman–Crippen MR) is 124 cm³/mol. The van der Waals surface area contributed by atoms with Crippen molar-refractivity contribution in [1.82, 2.24) is 10.2 Å². The Morgan fingerprint density at radius 2 is 1.94 bits per heavy atom. The first-order chi connectivity index (χ1) is 15.7. The molecule has 14 heteroatoms. The largest absolute Gasteiger partial charge is 0.468 e. The number of rotatable bonds is 9. The summed E-state index contributed by atoms with van der Waals surface area (Å²) in [6, 6.07) is 10.8. The van der Waals surface area contributed by atoms with Crippen LogP contribution in [0.5, 0.6) is 0 Å². The maximum Gasteiger partial charge on any atom is 0.316 e. The number of nitrogens with one attached hydrogen (secondary N) is 1. The molecule has 0 spiro atoms. The summed E-state index contributed by atoms with van der Waals surface area (Å²) in [6.45, 7) is -0.636. The molecule has 0 atom stereocenters. The van der Waals surface area contributed by atoms with E-state index in [-0.39, 0.29) is 26.5 Å². The smallest absolute Gasteiger partial charge is 0.316 e. The molecule has 0 fully saturated rings. The number of hydrogen-bond donors (Lipinski definition) is 1. The molecule has 174 valence electrons. The minimum absolute atomic E-state index is 0.00647. The van der Waals surface area contributed by atoms with E-state index in [1.165, 1.54) is 37.4 Å². The van der Waals surface area contributed by atoms with E-state index in [1.54, 1.807) is 6.07 Å². The van der Waals surface area contributed by atoms with Crippen LogP contribution in [0.2, 0.25) is 5.02 Å². The van der Waals surface area contributed by atoms with Gasteiger partial charge in [-0.2, -0.15) is 0 Å². The molecule has 3 rings (SSSR count). The molecule has 0 saturated heterocycles. The molecule has 1 amide bonds. The molecule has 0 aliphatic heterocycles. The quantitative estimate of drug-likeness (QED) is 0.254. The number of carbonyl (C=O) groups excluding carboxylic acids is 2. The third kappa shape index (κ3) is 6.41. The van der Waals surface area contributed by atoms with Gasteiger partial charge in [0, 0.05) is 0 Å². The Labute approximate surface area is 202 Å². The van der Waals surface area contributed by atoms with Crippen LogP contribution in [0, 0.1) is 5.82 Å². The Bertz CT molecular complexity index is 1260. The van der Waals surface area contributed by atoms with Crippen LogP contribution in [0.25, 0.3) is 0 Å². The second-order valence-corrected chi connectivity index (χ2v) is 10.7. The molecule has 1 heterocycles. The van der Waals surface area contributed by atoms with Crippen molar-refractivity contribution >= 4 is 67.4 Å². The highest BCUT2D eigenvalue weighted by Crippen LogP contribution is 2.29. The highest BCUT2D eigenvalue weighted by molar-refractivity contribution is 8.01. The van der Waals surface area contributed by atoms with Crippen molar-refractivity contribution in [2.24, 2.45) is 0 Å². The first kappa shape index (κ1) is 24.9. The fourth-order valence-electron chi connectivity index (χ4n) is 2.46. The number of benzene rings is 2. The zero-order valence-electron chi connectivity index (χ0n) is 16.9. The summed E-state index contributed by atoms with van der Waals surface area (Å²) < 4.78 is 45.9. The number of carbonyl (C=O) groups is 2. The van der Waals surface area contributed by atoms with Crippen LogP contribution in [0.15, 0.2) is 57.8 Å². The van der Waals surface area contributed by atoms with Crippen molar-refractivity contribution < 1.29 is 27.1 Å². The number of hydrogen-bond acceptors (Lipinski definition) is 9. The first-order valence-electron chi connectivity index (χ1n) is 9.06. The Hall–Kier alpha value is -2.74. The number of sulfonamides is 1. The van der Waals surface area contributed by atoms with Crippen molar-refractivity contribution in [3.8, 4) is 0 Å². The van der Waals surface area contributed by atoms with Gasteiger partial charge in [0.2, 0.25) is 11.0 Å². The van der Waals surface area contributed by atoms with Crippen molar-refractivity contribution in [3.05, 3.63) is 59.4 Å². The maximum absolute atomic E-state index is 13.6. The highest BCUT2D eigenvalue weighted by atomic mass is 35.5. The van der Waals surface area contributed by atoms with Gasteiger partial charge in [-0.1, -0.05) is 52.9 Å². The molecule has 0 aliphatic rings.